The van der Waals surface area contributed by atoms with E-state index in [1.165, 1.54) is 49.7 Å². The zero-order valence-corrected chi connectivity index (χ0v) is 21.4. The molecule has 2 aromatic rings. The highest BCUT2D eigenvalue weighted by molar-refractivity contribution is 14.0. The van der Waals surface area contributed by atoms with Gasteiger partial charge < -0.3 is 15.5 Å². The van der Waals surface area contributed by atoms with Crippen LogP contribution in [0.15, 0.2) is 47.5 Å². The van der Waals surface area contributed by atoms with Gasteiger partial charge in [0.05, 0.1) is 6.04 Å². The molecule has 0 spiro atoms. The number of benzene rings is 2. The van der Waals surface area contributed by atoms with Gasteiger partial charge in [0.1, 0.15) is 11.6 Å². The largest absolute Gasteiger partial charge is 0.354 e. The van der Waals surface area contributed by atoms with Gasteiger partial charge >= 0.3 is 0 Å². The van der Waals surface area contributed by atoms with E-state index in [0.717, 1.165) is 12.1 Å². The van der Waals surface area contributed by atoms with Gasteiger partial charge in [-0.25, -0.2) is 8.78 Å². The average Bonchev–Trinajstić information content (AvgIpc) is 3.26. The first-order valence-electron chi connectivity index (χ1n) is 10.8. The van der Waals surface area contributed by atoms with Crippen LogP contribution in [-0.4, -0.2) is 56.5 Å². The Labute approximate surface area is 207 Å². The van der Waals surface area contributed by atoms with Crippen LogP contribution in [0.25, 0.3) is 0 Å². The van der Waals surface area contributed by atoms with Crippen molar-refractivity contribution in [3.63, 3.8) is 0 Å². The predicted octanol–water partition coefficient (Wildman–Crippen LogP) is 4.15. The maximum atomic E-state index is 14.3. The highest BCUT2D eigenvalue weighted by atomic mass is 127. The van der Waals surface area contributed by atoms with E-state index in [1.54, 1.807) is 26.0 Å². The molecule has 0 amide bonds. The Bertz CT molecular complexity index is 847. The van der Waals surface area contributed by atoms with Crippen molar-refractivity contribution in [2.45, 2.75) is 32.0 Å². The normalized spacial score (nSPS) is 15.5. The lowest BCUT2D eigenvalue weighted by Crippen LogP contribution is -2.41. The van der Waals surface area contributed by atoms with Gasteiger partial charge in [0.15, 0.2) is 5.96 Å². The summed E-state index contributed by atoms with van der Waals surface area (Å²) in [6, 6.07) is 12.1. The van der Waals surface area contributed by atoms with Crippen LogP contribution in [0.2, 0.25) is 0 Å². The van der Waals surface area contributed by atoms with Gasteiger partial charge in [-0.3, -0.25) is 9.89 Å². The molecule has 0 aromatic heterocycles. The van der Waals surface area contributed by atoms with Crippen LogP contribution in [0.3, 0.4) is 0 Å². The molecule has 1 aliphatic rings. The zero-order chi connectivity index (χ0) is 22.2. The summed E-state index contributed by atoms with van der Waals surface area (Å²) < 4.78 is 28.5. The van der Waals surface area contributed by atoms with Crippen LogP contribution in [0.4, 0.5) is 8.78 Å². The summed E-state index contributed by atoms with van der Waals surface area (Å²) in [6.45, 7) is 4.32. The Hall–Kier alpha value is -1.78. The first-order valence-corrected chi connectivity index (χ1v) is 10.8. The molecule has 1 unspecified atom stereocenters. The molecule has 1 saturated heterocycles. The molecule has 5 nitrogen and oxygen atoms in total. The van der Waals surface area contributed by atoms with Crippen LogP contribution >= 0.6 is 24.0 Å². The van der Waals surface area contributed by atoms with Gasteiger partial charge in [0.2, 0.25) is 0 Å². The minimum Gasteiger partial charge on any atom is -0.354 e. The molecule has 1 aliphatic heterocycles. The fourth-order valence-electron chi connectivity index (χ4n) is 3.93. The van der Waals surface area contributed by atoms with Gasteiger partial charge in [-0.15, -0.1) is 24.0 Å². The predicted molar refractivity (Wildman–Crippen MR) is 137 cm³/mol. The fraction of sp³-hybridized carbons (Fsp3) is 0.458. The summed E-state index contributed by atoms with van der Waals surface area (Å²) in [4.78, 5) is 8.52. The lowest BCUT2D eigenvalue weighted by Gasteiger charge is -2.26. The van der Waals surface area contributed by atoms with E-state index in [2.05, 4.69) is 44.8 Å². The third-order valence-corrected chi connectivity index (χ3v) is 5.73. The van der Waals surface area contributed by atoms with Gasteiger partial charge in [0.25, 0.3) is 0 Å². The van der Waals surface area contributed by atoms with Crippen molar-refractivity contribution >= 4 is 29.9 Å². The summed E-state index contributed by atoms with van der Waals surface area (Å²) in [6.07, 6.45) is 2.60. The number of likely N-dealkylation sites (tertiary alicyclic amines) is 1. The first kappa shape index (κ1) is 26.5. The van der Waals surface area contributed by atoms with Crippen molar-refractivity contribution in [1.29, 1.82) is 0 Å². The van der Waals surface area contributed by atoms with E-state index in [4.69, 9.17) is 0 Å². The quantitative estimate of drug-likeness (QED) is 0.291. The molecule has 1 fully saturated rings. The van der Waals surface area contributed by atoms with E-state index < -0.39 is 17.7 Å². The lowest BCUT2D eigenvalue weighted by molar-refractivity contribution is 0.282. The number of guanidine groups is 1. The minimum absolute atomic E-state index is 0. The van der Waals surface area contributed by atoms with Crippen LogP contribution in [-0.2, 0) is 13.1 Å². The zero-order valence-electron chi connectivity index (χ0n) is 19.1. The van der Waals surface area contributed by atoms with E-state index in [9.17, 15) is 8.78 Å². The number of hydrogen-bond donors (Lipinski definition) is 2. The Kier molecular flexibility index (Phi) is 10.8. The fourth-order valence-corrected chi connectivity index (χ4v) is 3.93. The van der Waals surface area contributed by atoms with Crippen LogP contribution in [0.1, 0.15) is 35.6 Å². The number of halogens is 3. The van der Waals surface area contributed by atoms with E-state index >= 15 is 0 Å². The lowest BCUT2D eigenvalue weighted by atomic mass is 10.0. The van der Waals surface area contributed by atoms with Crippen LogP contribution < -0.4 is 10.6 Å². The highest BCUT2D eigenvalue weighted by Gasteiger charge is 2.22. The average molecular weight is 557 g/mol. The second-order valence-corrected chi connectivity index (χ2v) is 8.22. The van der Waals surface area contributed by atoms with Gasteiger partial charge in [-0.1, -0.05) is 30.3 Å². The van der Waals surface area contributed by atoms with Gasteiger partial charge in [-0.05, 0) is 63.3 Å². The maximum absolute atomic E-state index is 14.3. The number of nitrogens with zero attached hydrogens (tertiary/aromatic N) is 3. The first-order chi connectivity index (χ1) is 15.0. The third kappa shape index (κ3) is 7.38. The molecule has 176 valence electrons. The minimum atomic E-state index is -0.544. The second kappa shape index (κ2) is 13.1. The van der Waals surface area contributed by atoms with Gasteiger partial charge in [0, 0.05) is 32.2 Å². The van der Waals surface area contributed by atoms with Crippen molar-refractivity contribution in [2.75, 3.05) is 40.8 Å². The molecule has 1 heterocycles. The Morgan fingerprint density at radius 2 is 1.59 bits per heavy atom. The van der Waals surface area contributed by atoms with Crippen molar-refractivity contribution in [3.8, 4) is 0 Å². The Balaban J connectivity index is 0.00000363. The summed E-state index contributed by atoms with van der Waals surface area (Å²) in [5.41, 5.74) is 2.54. The van der Waals surface area contributed by atoms with E-state index in [0.29, 0.717) is 19.0 Å². The number of nitrogens with one attached hydrogen (secondary N) is 2. The topological polar surface area (TPSA) is 42.9 Å². The highest BCUT2D eigenvalue weighted by Crippen LogP contribution is 2.23. The number of hydrogen-bond acceptors (Lipinski definition) is 3. The third-order valence-electron chi connectivity index (χ3n) is 5.73. The summed E-state index contributed by atoms with van der Waals surface area (Å²) in [7, 11) is 5.29. The SMILES string of the molecule is CN=C(NCc1ccc(CN2CCCC2)cc1)NCC(c1c(F)cccc1F)N(C)C.I. The summed E-state index contributed by atoms with van der Waals surface area (Å²) >= 11 is 0. The molecule has 32 heavy (non-hydrogen) atoms. The maximum Gasteiger partial charge on any atom is 0.191 e. The molecular formula is C24H34F2IN5. The molecule has 0 aliphatic carbocycles. The van der Waals surface area contributed by atoms with Crippen molar-refractivity contribution in [1.82, 2.24) is 20.4 Å². The van der Waals surface area contributed by atoms with Crippen LogP contribution in [0.5, 0.6) is 0 Å². The molecular weight excluding hydrogens is 523 g/mol. The molecule has 3 rings (SSSR count). The second-order valence-electron chi connectivity index (χ2n) is 8.22. The van der Waals surface area contributed by atoms with E-state index in [1.807, 2.05) is 0 Å². The number of aliphatic imine (C=N–C) groups is 1. The van der Waals surface area contributed by atoms with E-state index in [-0.39, 0.29) is 29.5 Å². The number of rotatable bonds is 8. The molecule has 2 aromatic carbocycles. The summed E-state index contributed by atoms with van der Waals surface area (Å²) in [5, 5.41) is 6.47. The van der Waals surface area contributed by atoms with Crippen LogP contribution in [0, 0.1) is 11.6 Å². The smallest absolute Gasteiger partial charge is 0.191 e. The molecule has 8 heteroatoms. The Morgan fingerprint density at radius 1 is 1.00 bits per heavy atom. The van der Waals surface area contributed by atoms with Crippen molar-refractivity contribution in [3.05, 3.63) is 70.8 Å². The molecule has 0 saturated carbocycles. The van der Waals surface area contributed by atoms with Crippen molar-refractivity contribution < 1.29 is 8.78 Å². The molecule has 1 atom stereocenters. The monoisotopic (exact) mass is 557 g/mol. The molecule has 0 bridgehead atoms. The van der Waals surface area contributed by atoms with Crippen molar-refractivity contribution in [2.24, 2.45) is 4.99 Å². The van der Waals surface area contributed by atoms with Gasteiger partial charge in [-0.2, -0.15) is 0 Å². The molecule has 2 N–H and O–H groups in total. The molecule has 0 radical (unpaired) electrons. The number of likely N-dealkylation sites (N-methyl/N-ethyl adjacent to an activating group) is 1. The Morgan fingerprint density at radius 3 is 2.16 bits per heavy atom. The summed E-state index contributed by atoms with van der Waals surface area (Å²) in [5.74, 6) is -0.500. The standard InChI is InChI=1S/C24H33F2N5.HI/c1-27-24(29-16-22(30(2)3)23-20(25)7-6-8-21(23)26)28-15-18-9-11-19(12-10-18)17-31-13-4-5-14-31;/h6-12,22H,4-5,13-17H2,1-3H3,(H2,27,28,29);1H.